The van der Waals surface area contributed by atoms with E-state index in [9.17, 15) is 0 Å². The summed E-state index contributed by atoms with van der Waals surface area (Å²) in [6, 6.07) is 2.00. The van der Waals surface area contributed by atoms with Gasteiger partial charge in [-0.2, -0.15) is 0 Å². The summed E-state index contributed by atoms with van der Waals surface area (Å²) in [6.07, 6.45) is 0.0616. The molecule has 1 aromatic rings. The van der Waals surface area contributed by atoms with Crippen LogP contribution in [0.15, 0.2) is 15.9 Å². The standard InChI is InChI=1S/C8H11BrO2S/c1-6(11-4-3-10)8-7(9)2-5-12-8/h2,5-6,10H,3-4H2,1H3. The minimum Gasteiger partial charge on any atom is -0.394 e. The first-order chi connectivity index (χ1) is 5.75. The summed E-state index contributed by atoms with van der Waals surface area (Å²) < 4.78 is 6.43. The molecule has 4 heteroatoms. The van der Waals surface area contributed by atoms with Crippen LogP contribution in [0.5, 0.6) is 0 Å². The second-order valence-electron chi connectivity index (χ2n) is 2.37. The lowest BCUT2D eigenvalue weighted by atomic mass is 10.3. The Hall–Kier alpha value is 0.100. The Labute approximate surface area is 84.3 Å². The molecule has 0 saturated heterocycles. The highest BCUT2D eigenvalue weighted by atomic mass is 79.9. The van der Waals surface area contributed by atoms with E-state index in [1.165, 1.54) is 4.88 Å². The smallest absolute Gasteiger partial charge is 0.0901 e. The fourth-order valence-corrected chi connectivity index (χ4v) is 2.60. The van der Waals surface area contributed by atoms with Crippen molar-refractivity contribution in [3.8, 4) is 0 Å². The molecule has 1 atom stereocenters. The molecule has 0 aliphatic heterocycles. The van der Waals surface area contributed by atoms with Crippen LogP contribution in [-0.4, -0.2) is 18.3 Å². The van der Waals surface area contributed by atoms with Gasteiger partial charge in [0, 0.05) is 9.35 Å². The van der Waals surface area contributed by atoms with Crippen molar-refractivity contribution in [2.24, 2.45) is 0 Å². The first-order valence-corrected chi connectivity index (χ1v) is 5.38. The zero-order chi connectivity index (χ0) is 8.97. The zero-order valence-corrected chi connectivity index (χ0v) is 9.19. The van der Waals surface area contributed by atoms with E-state index in [0.29, 0.717) is 6.61 Å². The molecular formula is C8H11BrO2S. The van der Waals surface area contributed by atoms with Gasteiger partial charge in [0.05, 0.1) is 19.3 Å². The van der Waals surface area contributed by atoms with Crippen LogP contribution in [0, 0.1) is 0 Å². The van der Waals surface area contributed by atoms with E-state index in [1.54, 1.807) is 11.3 Å². The fraction of sp³-hybridized carbons (Fsp3) is 0.500. The average molecular weight is 251 g/mol. The molecule has 68 valence electrons. The van der Waals surface area contributed by atoms with E-state index in [4.69, 9.17) is 9.84 Å². The predicted octanol–water partition coefficient (Wildman–Crippen LogP) is 2.58. The predicted molar refractivity (Wildman–Crippen MR) is 53.5 cm³/mol. The van der Waals surface area contributed by atoms with Crippen molar-refractivity contribution in [3.05, 3.63) is 20.8 Å². The minimum atomic E-state index is 0.0616. The van der Waals surface area contributed by atoms with Crippen LogP contribution in [0.3, 0.4) is 0 Å². The van der Waals surface area contributed by atoms with Crippen LogP contribution in [0.4, 0.5) is 0 Å². The number of hydrogen-bond acceptors (Lipinski definition) is 3. The molecule has 1 rings (SSSR count). The molecule has 0 aromatic carbocycles. The van der Waals surface area contributed by atoms with Gasteiger partial charge in [-0.15, -0.1) is 11.3 Å². The maximum absolute atomic E-state index is 8.55. The van der Waals surface area contributed by atoms with Crippen molar-refractivity contribution in [1.29, 1.82) is 0 Å². The summed E-state index contributed by atoms with van der Waals surface area (Å²) in [5, 5.41) is 10.6. The van der Waals surface area contributed by atoms with Gasteiger partial charge in [0.15, 0.2) is 0 Å². The van der Waals surface area contributed by atoms with Crippen molar-refractivity contribution in [2.75, 3.05) is 13.2 Å². The van der Waals surface area contributed by atoms with E-state index >= 15 is 0 Å². The van der Waals surface area contributed by atoms with E-state index in [0.717, 1.165) is 4.47 Å². The van der Waals surface area contributed by atoms with Crippen LogP contribution in [0.2, 0.25) is 0 Å². The summed E-state index contributed by atoms with van der Waals surface area (Å²) in [5.41, 5.74) is 0. The van der Waals surface area contributed by atoms with Gasteiger partial charge < -0.3 is 9.84 Å². The highest BCUT2D eigenvalue weighted by molar-refractivity contribution is 9.10. The minimum absolute atomic E-state index is 0.0616. The fourth-order valence-electron chi connectivity index (χ4n) is 0.901. The SMILES string of the molecule is CC(OCCO)c1sccc1Br. The molecule has 2 nitrogen and oxygen atoms in total. The Morgan fingerprint density at radius 3 is 3.00 bits per heavy atom. The second kappa shape index (κ2) is 4.97. The number of ether oxygens (including phenoxy) is 1. The summed E-state index contributed by atoms with van der Waals surface area (Å²) in [7, 11) is 0. The molecule has 12 heavy (non-hydrogen) atoms. The lowest BCUT2D eigenvalue weighted by Gasteiger charge is -2.10. The Morgan fingerprint density at radius 1 is 1.75 bits per heavy atom. The molecule has 0 spiro atoms. The Bertz CT molecular complexity index is 237. The molecule has 0 saturated carbocycles. The third-order valence-corrected chi connectivity index (χ3v) is 3.51. The van der Waals surface area contributed by atoms with Crippen molar-refractivity contribution in [3.63, 3.8) is 0 Å². The highest BCUT2D eigenvalue weighted by Crippen LogP contribution is 2.30. The van der Waals surface area contributed by atoms with Gasteiger partial charge in [-0.3, -0.25) is 0 Å². The number of thiophene rings is 1. The molecule has 1 N–H and O–H groups in total. The van der Waals surface area contributed by atoms with Crippen LogP contribution in [0.1, 0.15) is 17.9 Å². The molecule has 0 amide bonds. The number of aliphatic hydroxyl groups is 1. The van der Waals surface area contributed by atoms with Crippen molar-refractivity contribution < 1.29 is 9.84 Å². The van der Waals surface area contributed by atoms with E-state index in [1.807, 2.05) is 18.4 Å². The maximum atomic E-state index is 8.55. The largest absolute Gasteiger partial charge is 0.394 e. The summed E-state index contributed by atoms with van der Waals surface area (Å²) >= 11 is 5.08. The van der Waals surface area contributed by atoms with Gasteiger partial charge in [0.1, 0.15) is 0 Å². The Balaban J connectivity index is 2.52. The van der Waals surface area contributed by atoms with Gasteiger partial charge in [-0.05, 0) is 34.3 Å². The van der Waals surface area contributed by atoms with Gasteiger partial charge in [-0.25, -0.2) is 0 Å². The third-order valence-electron chi connectivity index (χ3n) is 1.47. The summed E-state index contributed by atoms with van der Waals surface area (Å²) in [4.78, 5) is 1.17. The van der Waals surface area contributed by atoms with Crippen LogP contribution >= 0.6 is 27.3 Å². The molecule has 0 fully saturated rings. The van der Waals surface area contributed by atoms with Gasteiger partial charge in [-0.1, -0.05) is 0 Å². The van der Waals surface area contributed by atoms with E-state index in [-0.39, 0.29) is 12.7 Å². The topological polar surface area (TPSA) is 29.5 Å². The van der Waals surface area contributed by atoms with Gasteiger partial charge in [0.2, 0.25) is 0 Å². The summed E-state index contributed by atoms with van der Waals surface area (Å²) in [5.74, 6) is 0. The first-order valence-electron chi connectivity index (χ1n) is 3.71. The molecule has 1 heterocycles. The maximum Gasteiger partial charge on any atom is 0.0901 e. The van der Waals surface area contributed by atoms with Crippen LogP contribution < -0.4 is 0 Å². The normalized spacial score (nSPS) is 13.2. The lowest BCUT2D eigenvalue weighted by Crippen LogP contribution is -2.03. The average Bonchev–Trinajstić information content (AvgIpc) is 2.47. The van der Waals surface area contributed by atoms with Crippen molar-refractivity contribution in [2.45, 2.75) is 13.0 Å². The first kappa shape index (κ1) is 10.2. The Morgan fingerprint density at radius 2 is 2.50 bits per heavy atom. The van der Waals surface area contributed by atoms with Crippen molar-refractivity contribution in [1.82, 2.24) is 0 Å². The molecular weight excluding hydrogens is 240 g/mol. The summed E-state index contributed by atoms with van der Waals surface area (Å²) in [6.45, 7) is 2.45. The lowest BCUT2D eigenvalue weighted by molar-refractivity contribution is 0.0401. The monoisotopic (exact) mass is 250 g/mol. The number of halogens is 1. The highest BCUT2D eigenvalue weighted by Gasteiger charge is 2.10. The molecule has 0 bridgehead atoms. The third kappa shape index (κ3) is 2.55. The van der Waals surface area contributed by atoms with E-state index in [2.05, 4.69) is 15.9 Å². The molecule has 1 unspecified atom stereocenters. The second-order valence-corrected chi connectivity index (χ2v) is 4.17. The molecule has 0 aliphatic carbocycles. The van der Waals surface area contributed by atoms with Crippen molar-refractivity contribution >= 4 is 27.3 Å². The number of aliphatic hydroxyl groups excluding tert-OH is 1. The molecule has 0 aliphatic rings. The van der Waals surface area contributed by atoms with E-state index < -0.39 is 0 Å². The van der Waals surface area contributed by atoms with Crippen LogP contribution in [0.25, 0.3) is 0 Å². The zero-order valence-electron chi connectivity index (χ0n) is 6.79. The van der Waals surface area contributed by atoms with Gasteiger partial charge in [0.25, 0.3) is 0 Å². The Kier molecular flexibility index (Phi) is 4.21. The number of rotatable bonds is 4. The van der Waals surface area contributed by atoms with Crippen LogP contribution in [-0.2, 0) is 4.74 Å². The number of hydrogen-bond donors (Lipinski definition) is 1. The molecule has 1 aromatic heterocycles. The quantitative estimate of drug-likeness (QED) is 0.891. The van der Waals surface area contributed by atoms with Gasteiger partial charge >= 0.3 is 0 Å². The molecule has 0 radical (unpaired) electrons.